The fourth-order valence-corrected chi connectivity index (χ4v) is 3.72. The first-order valence-electron chi connectivity index (χ1n) is 6.32. The van der Waals surface area contributed by atoms with Crippen molar-refractivity contribution >= 4 is 15.7 Å². The molecule has 1 fully saturated rings. The van der Waals surface area contributed by atoms with Crippen LogP contribution < -0.4 is 4.31 Å². The summed E-state index contributed by atoms with van der Waals surface area (Å²) in [6.45, 7) is 6.30. The van der Waals surface area contributed by atoms with Crippen molar-refractivity contribution in [3.05, 3.63) is 29.8 Å². The molecule has 0 unspecified atom stereocenters. The highest BCUT2D eigenvalue weighted by molar-refractivity contribution is 7.93. The van der Waals surface area contributed by atoms with Crippen LogP contribution in [0.25, 0.3) is 0 Å². The maximum absolute atomic E-state index is 12.3. The van der Waals surface area contributed by atoms with E-state index in [1.54, 1.807) is 7.05 Å². The second-order valence-corrected chi connectivity index (χ2v) is 8.22. The fourth-order valence-electron chi connectivity index (χ4n) is 2.11. The zero-order valence-corrected chi connectivity index (χ0v) is 12.3. The Hall–Kier alpha value is -1.03. The minimum Gasteiger partial charge on any atom is -0.273 e. The quantitative estimate of drug-likeness (QED) is 0.844. The van der Waals surface area contributed by atoms with Crippen molar-refractivity contribution in [3.8, 4) is 0 Å². The summed E-state index contributed by atoms with van der Waals surface area (Å²) in [7, 11) is -1.50. The lowest BCUT2D eigenvalue weighted by Gasteiger charge is -2.28. The third-order valence-electron chi connectivity index (χ3n) is 3.38. The van der Waals surface area contributed by atoms with E-state index >= 15 is 0 Å². The maximum atomic E-state index is 12.3. The van der Waals surface area contributed by atoms with Gasteiger partial charge in [-0.1, -0.05) is 39.0 Å². The Kier molecular flexibility index (Phi) is 3.18. The summed E-state index contributed by atoms with van der Waals surface area (Å²) in [5.74, 6) is 0. The second-order valence-electron chi connectivity index (χ2n) is 5.98. The second kappa shape index (κ2) is 4.26. The van der Waals surface area contributed by atoms with Crippen LogP contribution >= 0.6 is 0 Å². The van der Waals surface area contributed by atoms with E-state index in [2.05, 4.69) is 20.8 Å². The van der Waals surface area contributed by atoms with Gasteiger partial charge in [-0.25, -0.2) is 8.42 Å². The Morgan fingerprint density at radius 1 is 1.17 bits per heavy atom. The Morgan fingerprint density at radius 3 is 2.22 bits per heavy atom. The van der Waals surface area contributed by atoms with Gasteiger partial charge >= 0.3 is 0 Å². The van der Waals surface area contributed by atoms with E-state index in [-0.39, 0.29) is 10.7 Å². The fraction of sp³-hybridized carbons (Fsp3) is 0.571. The van der Waals surface area contributed by atoms with Crippen molar-refractivity contribution < 1.29 is 8.42 Å². The van der Waals surface area contributed by atoms with Crippen molar-refractivity contribution in [3.63, 3.8) is 0 Å². The first kappa shape index (κ1) is 13.4. The summed E-state index contributed by atoms with van der Waals surface area (Å²) in [6.07, 6.45) is 1.59. The summed E-state index contributed by atoms with van der Waals surface area (Å²) in [5.41, 5.74) is 1.80. The minimum atomic E-state index is -3.17. The van der Waals surface area contributed by atoms with Crippen molar-refractivity contribution in [2.45, 2.75) is 44.3 Å². The first-order valence-corrected chi connectivity index (χ1v) is 7.82. The molecule has 0 bridgehead atoms. The van der Waals surface area contributed by atoms with Gasteiger partial charge in [0, 0.05) is 7.05 Å². The molecule has 1 saturated carbocycles. The van der Waals surface area contributed by atoms with Gasteiger partial charge in [-0.15, -0.1) is 0 Å². The molecular formula is C14H21NO2S. The number of hydrogen-bond donors (Lipinski definition) is 0. The van der Waals surface area contributed by atoms with Crippen LogP contribution in [0.15, 0.2) is 24.3 Å². The van der Waals surface area contributed by atoms with Crippen LogP contribution in [-0.2, 0) is 15.4 Å². The molecule has 0 heterocycles. The zero-order chi connectivity index (χ0) is 13.6. The highest BCUT2D eigenvalue weighted by Crippen LogP contribution is 2.37. The highest BCUT2D eigenvalue weighted by Gasteiger charge is 2.39. The van der Waals surface area contributed by atoms with Crippen molar-refractivity contribution in [1.29, 1.82) is 0 Å². The summed E-state index contributed by atoms with van der Waals surface area (Å²) in [4.78, 5) is 0. The molecule has 4 heteroatoms. The average Bonchev–Trinajstić information content (AvgIpc) is 3.11. The number of nitrogens with zero attached hydrogens (tertiary/aromatic N) is 1. The number of para-hydroxylation sites is 1. The Balaban J connectivity index is 2.45. The van der Waals surface area contributed by atoms with E-state index in [4.69, 9.17) is 0 Å². The van der Waals surface area contributed by atoms with Gasteiger partial charge in [0.2, 0.25) is 10.0 Å². The first-order chi connectivity index (χ1) is 8.24. The summed E-state index contributed by atoms with van der Waals surface area (Å²) >= 11 is 0. The number of hydrogen-bond acceptors (Lipinski definition) is 2. The molecule has 1 aliphatic rings. The van der Waals surface area contributed by atoms with Crippen LogP contribution in [0.2, 0.25) is 0 Å². The molecule has 0 aromatic heterocycles. The Bertz CT molecular complexity index is 539. The van der Waals surface area contributed by atoms with E-state index in [0.717, 1.165) is 24.1 Å². The van der Waals surface area contributed by atoms with E-state index in [1.165, 1.54) is 4.31 Å². The topological polar surface area (TPSA) is 37.4 Å². The van der Waals surface area contributed by atoms with Crippen LogP contribution in [0, 0.1) is 0 Å². The summed E-state index contributed by atoms with van der Waals surface area (Å²) < 4.78 is 26.1. The van der Waals surface area contributed by atoms with E-state index < -0.39 is 10.0 Å². The third kappa shape index (κ3) is 2.39. The van der Waals surface area contributed by atoms with Crippen molar-refractivity contribution in [2.24, 2.45) is 0 Å². The average molecular weight is 267 g/mol. The van der Waals surface area contributed by atoms with E-state index in [9.17, 15) is 8.42 Å². The molecule has 0 aliphatic heterocycles. The number of rotatable bonds is 3. The van der Waals surface area contributed by atoms with Gasteiger partial charge in [-0.2, -0.15) is 0 Å². The Morgan fingerprint density at radius 2 is 1.72 bits per heavy atom. The highest BCUT2D eigenvalue weighted by atomic mass is 32.2. The SMILES string of the molecule is CN(c1ccccc1C(C)(C)C)S(=O)(=O)C1CC1. The molecule has 0 N–H and O–H groups in total. The monoisotopic (exact) mass is 267 g/mol. The van der Waals surface area contributed by atoms with Gasteiger partial charge in [-0.05, 0) is 29.9 Å². The molecule has 0 saturated heterocycles. The molecule has 1 aromatic rings. The van der Waals surface area contributed by atoms with Crippen LogP contribution in [0.5, 0.6) is 0 Å². The third-order valence-corrected chi connectivity index (χ3v) is 5.65. The summed E-state index contributed by atoms with van der Waals surface area (Å²) in [6, 6.07) is 7.75. The lowest BCUT2D eigenvalue weighted by molar-refractivity contribution is 0.584. The Labute approximate surface area is 110 Å². The maximum Gasteiger partial charge on any atom is 0.237 e. The van der Waals surface area contributed by atoms with Crippen LogP contribution in [0.3, 0.4) is 0 Å². The van der Waals surface area contributed by atoms with Gasteiger partial charge < -0.3 is 0 Å². The molecule has 0 amide bonds. The van der Waals surface area contributed by atoms with Gasteiger partial charge in [0.05, 0.1) is 10.9 Å². The predicted molar refractivity (Wildman–Crippen MR) is 75.5 cm³/mol. The molecule has 100 valence electrons. The van der Waals surface area contributed by atoms with E-state index in [0.29, 0.717) is 0 Å². The molecular weight excluding hydrogens is 246 g/mol. The van der Waals surface area contributed by atoms with Crippen molar-refractivity contribution in [2.75, 3.05) is 11.4 Å². The standard InChI is InChI=1S/C14H21NO2S/c1-14(2,3)12-7-5-6-8-13(12)15(4)18(16,17)11-9-10-11/h5-8,11H,9-10H2,1-4H3. The van der Waals surface area contributed by atoms with Crippen LogP contribution in [-0.4, -0.2) is 20.7 Å². The lowest BCUT2D eigenvalue weighted by atomic mass is 9.86. The molecule has 0 radical (unpaired) electrons. The van der Waals surface area contributed by atoms with Crippen LogP contribution in [0.1, 0.15) is 39.2 Å². The van der Waals surface area contributed by atoms with E-state index in [1.807, 2.05) is 24.3 Å². The van der Waals surface area contributed by atoms with Gasteiger partial charge in [0.25, 0.3) is 0 Å². The predicted octanol–water partition coefficient (Wildman–Crippen LogP) is 2.91. The molecule has 0 spiro atoms. The molecule has 0 atom stereocenters. The number of anilines is 1. The van der Waals surface area contributed by atoms with Gasteiger partial charge in [0.15, 0.2) is 0 Å². The molecule has 1 aromatic carbocycles. The van der Waals surface area contributed by atoms with Crippen LogP contribution in [0.4, 0.5) is 5.69 Å². The largest absolute Gasteiger partial charge is 0.273 e. The number of sulfonamides is 1. The molecule has 3 nitrogen and oxygen atoms in total. The van der Waals surface area contributed by atoms with Gasteiger partial charge in [-0.3, -0.25) is 4.31 Å². The molecule has 18 heavy (non-hydrogen) atoms. The zero-order valence-electron chi connectivity index (χ0n) is 11.5. The molecule has 1 aliphatic carbocycles. The van der Waals surface area contributed by atoms with Crippen molar-refractivity contribution in [1.82, 2.24) is 0 Å². The summed E-state index contributed by atoms with van der Waals surface area (Å²) in [5, 5.41) is -0.171. The smallest absolute Gasteiger partial charge is 0.237 e. The normalized spacial score (nSPS) is 16.7. The lowest BCUT2D eigenvalue weighted by Crippen LogP contribution is -2.32. The van der Waals surface area contributed by atoms with Gasteiger partial charge in [0.1, 0.15) is 0 Å². The number of benzene rings is 1. The minimum absolute atomic E-state index is 0.0656. The molecule has 2 rings (SSSR count).